The van der Waals surface area contributed by atoms with E-state index in [0.29, 0.717) is 13.0 Å². The zero-order chi connectivity index (χ0) is 18.9. The van der Waals surface area contributed by atoms with Gasteiger partial charge in [-0.15, -0.1) is 0 Å². The van der Waals surface area contributed by atoms with E-state index in [-0.39, 0.29) is 12.4 Å². The van der Waals surface area contributed by atoms with Gasteiger partial charge in [-0.1, -0.05) is 0 Å². The van der Waals surface area contributed by atoms with Crippen LogP contribution in [0.25, 0.3) is 0 Å². The minimum atomic E-state index is -1.22. The first kappa shape index (κ1) is 21.6. The molecule has 0 unspecified atom stereocenters. The number of carboxylic acid groups (broad SMARTS) is 1. The summed E-state index contributed by atoms with van der Waals surface area (Å²) in [5.41, 5.74) is 10.5. The number of guanidine groups is 1. The van der Waals surface area contributed by atoms with Gasteiger partial charge in [0, 0.05) is 6.54 Å². The molecule has 0 fully saturated rings. The van der Waals surface area contributed by atoms with E-state index in [2.05, 4.69) is 16.0 Å². The number of nitrogens with two attached hydrogens (primary N) is 2. The SMILES string of the molecule is C[C@H](NC(=O)[C@@H](N)[C@@H](C)O)C(=O)N[C@@H](CCCNC(=N)N)C(=O)O. The first-order valence-electron chi connectivity index (χ1n) is 7.41. The fraction of sp³-hybridized carbons (Fsp3) is 0.692. The highest BCUT2D eigenvalue weighted by molar-refractivity contribution is 5.91. The highest BCUT2D eigenvalue weighted by Crippen LogP contribution is 1.99. The van der Waals surface area contributed by atoms with E-state index < -0.39 is 42.0 Å². The first-order valence-corrected chi connectivity index (χ1v) is 7.41. The molecule has 0 aliphatic heterocycles. The molecule has 24 heavy (non-hydrogen) atoms. The van der Waals surface area contributed by atoms with E-state index in [1.165, 1.54) is 13.8 Å². The highest BCUT2D eigenvalue weighted by Gasteiger charge is 2.26. The molecule has 0 aliphatic carbocycles. The quantitative estimate of drug-likeness (QED) is 0.116. The van der Waals surface area contributed by atoms with Gasteiger partial charge in [0.15, 0.2) is 5.96 Å². The Morgan fingerprint density at radius 1 is 1.17 bits per heavy atom. The average Bonchev–Trinajstić information content (AvgIpc) is 2.48. The normalized spacial score (nSPS) is 15.5. The average molecular weight is 346 g/mol. The number of aliphatic carboxylic acids is 1. The smallest absolute Gasteiger partial charge is 0.326 e. The van der Waals surface area contributed by atoms with Crippen LogP contribution in [0.4, 0.5) is 0 Å². The molecule has 4 atom stereocenters. The highest BCUT2D eigenvalue weighted by atomic mass is 16.4. The lowest BCUT2D eigenvalue weighted by Gasteiger charge is -2.21. The van der Waals surface area contributed by atoms with Crippen LogP contribution in [0.3, 0.4) is 0 Å². The molecule has 11 nitrogen and oxygen atoms in total. The second-order valence-corrected chi connectivity index (χ2v) is 5.38. The summed E-state index contributed by atoms with van der Waals surface area (Å²) in [6.07, 6.45) is -0.597. The molecule has 0 aromatic carbocycles. The van der Waals surface area contributed by atoms with Crippen molar-refractivity contribution in [2.24, 2.45) is 11.5 Å². The Morgan fingerprint density at radius 3 is 2.21 bits per heavy atom. The van der Waals surface area contributed by atoms with Crippen LogP contribution >= 0.6 is 0 Å². The van der Waals surface area contributed by atoms with Crippen LogP contribution in [0.15, 0.2) is 0 Å². The molecular weight excluding hydrogens is 320 g/mol. The molecule has 0 aromatic heterocycles. The molecule has 0 aliphatic rings. The molecule has 0 rings (SSSR count). The van der Waals surface area contributed by atoms with E-state index in [9.17, 15) is 19.5 Å². The topological polar surface area (TPSA) is 204 Å². The minimum Gasteiger partial charge on any atom is -0.480 e. The van der Waals surface area contributed by atoms with Crippen LogP contribution in [0.2, 0.25) is 0 Å². The Morgan fingerprint density at radius 2 is 1.75 bits per heavy atom. The van der Waals surface area contributed by atoms with Gasteiger partial charge in [-0.25, -0.2) is 4.79 Å². The molecule has 0 heterocycles. The van der Waals surface area contributed by atoms with Crippen molar-refractivity contribution >= 4 is 23.7 Å². The maximum Gasteiger partial charge on any atom is 0.326 e. The van der Waals surface area contributed by atoms with Crippen molar-refractivity contribution in [3.05, 3.63) is 0 Å². The van der Waals surface area contributed by atoms with Gasteiger partial charge < -0.3 is 37.6 Å². The second kappa shape index (κ2) is 10.4. The number of carboxylic acids is 1. The molecule has 0 bridgehead atoms. The van der Waals surface area contributed by atoms with E-state index in [4.69, 9.17) is 22.0 Å². The number of nitrogens with one attached hydrogen (secondary N) is 4. The molecular formula is C13H26N6O5. The lowest BCUT2D eigenvalue weighted by Crippen LogP contribution is -2.55. The summed E-state index contributed by atoms with van der Waals surface area (Å²) < 4.78 is 0. The molecule has 0 saturated heterocycles. The number of carbonyl (C=O) groups excluding carboxylic acids is 2. The summed E-state index contributed by atoms with van der Waals surface area (Å²) in [7, 11) is 0. The number of amides is 2. The predicted octanol–water partition coefficient (Wildman–Crippen LogP) is -2.97. The zero-order valence-electron chi connectivity index (χ0n) is 13.7. The molecule has 138 valence electrons. The van der Waals surface area contributed by atoms with Crippen molar-refractivity contribution in [2.75, 3.05) is 6.54 Å². The lowest BCUT2D eigenvalue weighted by molar-refractivity contribution is -0.142. The van der Waals surface area contributed by atoms with Crippen LogP contribution < -0.4 is 27.4 Å². The Kier molecular flexibility index (Phi) is 9.35. The Labute approximate surface area is 139 Å². The van der Waals surface area contributed by atoms with E-state index >= 15 is 0 Å². The number of aliphatic hydroxyl groups is 1. The van der Waals surface area contributed by atoms with Crippen molar-refractivity contribution < 1.29 is 24.6 Å². The third kappa shape index (κ3) is 8.29. The van der Waals surface area contributed by atoms with Crippen molar-refractivity contribution in [1.29, 1.82) is 5.41 Å². The summed E-state index contributed by atoms with van der Waals surface area (Å²) in [6, 6.07) is -3.34. The van der Waals surface area contributed by atoms with Crippen LogP contribution in [-0.4, -0.2) is 64.7 Å². The fourth-order valence-electron chi connectivity index (χ4n) is 1.68. The van der Waals surface area contributed by atoms with E-state index in [0.717, 1.165) is 0 Å². The van der Waals surface area contributed by atoms with Crippen LogP contribution in [0.1, 0.15) is 26.7 Å². The lowest BCUT2D eigenvalue weighted by atomic mass is 10.1. The van der Waals surface area contributed by atoms with E-state index in [1.807, 2.05) is 0 Å². The summed E-state index contributed by atoms with van der Waals surface area (Å²) in [6.45, 7) is 3.01. The summed E-state index contributed by atoms with van der Waals surface area (Å²) in [5.74, 6) is -2.85. The van der Waals surface area contributed by atoms with E-state index in [1.54, 1.807) is 0 Å². The van der Waals surface area contributed by atoms with Crippen molar-refractivity contribution in [3.8, 4) is 0 Å². The molecule has 10 N–H and O–H groups in total. The fourth-order valence-corrected chi connectivity index (χ4v) is 1.68. The summed E-state index contributed by atoms with van der Waals surface area (Å²) >= 11 is 0. The standard InChI is InChI=1S/C13H26N6O5/c1-6(18-11(22)9(14)7(2)20)10(21)19-8(12(23)24)4-3-5-17-13(15)16/h6-9,20H,3-5,14H2,1-2H3,(H,18,22)(H,19,21)(H,23,24)(H4,15,16,17)/t6-,7+,8-,9-/m0/s1. The Bertz CT molecular complexity index is 470. The van der Waals surface area contributed by atoms with Crippen LogP contribution in [0, 0.1) is 5.41 Å². The first-order chi connectivity index (χ1) is 11.1. The van der Waals surface area contributed by atoms with Gasteiger partial charge in [0.05, 0.1) is 6.10 Å². The molecule has 0 spiro atoms. The third-order valence-corrected chi connectivity index (χ3v) is 3.17. The number of carbonyl (C=O) groups is 3. The van der Waals surface area contributed by atoms with Gasteiger partial charge in [-0.2, -0.15) is 0 Å². The van der Waals surface area contributed by atoms with Gasteiger partial charge in [-0.3, -0.25) is 15.0 Å². The molecule has 0 saturated carbocycles. The van der Waals surface area contributed by atoms with Gasteiger partial charge in [-0.05, 0) is 26.7 Å². The third-order valence-electron chi connectivity index (χ3n) is 3.17. The van der Waals surface area contributed by atoms with Gasteiger partial charge in [0.1, 0.15) is 18.1 Å². The summed E-state index contributed by atoms with van der Waals surface area (Å²) in [5, 5.41) is 32.5. The van der Waals surface area contributed by atoms with Crippen molar-refractivity contribution in [2.45, 2.75) is 50.9 Å². The maximum absolute atomic E-state index is 12.0. The predicted molar refractivity (Wildman–Crippen MR) is 86.0 cm³/mol. The van der Waals surface area contributed by atoms with Crippen LogP contribution in [-0.2, 0) is 14.4 Å². The van der Waals surface area contributed by atoms with Crippen molar-refractivity contribution in [1.82, 2.24) is 16.0 Å². The zero-order valence-corrected chi connectivity index (χ0v) is 13.7. The largest absolute Gasteiger partial charge is 0.480 e. The summed E-state index contributed by atoms with van der Waals surface area (Å²) in [4.78, 5) is 34.8. The second-order valence-electron chi connectivity index (χ2n) is 5.38. The van der Waals surface area contributed by atoms with Gasteiger partial charge >= 0.3 is 5.97 Å². The minimum absolute atomic E-state index is 0.120. The number of hydrogen-bond acceptors (Lipinski definition) is 6. The number of aliphatic hydroxyl groups excluding tert-OH is 1. The maximum atomic E-state index is 12.0. The molecule has 0 radical (unpaired) electrons. The Hall–Kier alpha value is -2.40. The molecule has 0 aromatic rings. The monoisotopic (exact) mass is 346 g/mol. The van der Waals surface area contributed by atoms with Crippen molar-refractivity contribution in [3.63, 3.8) is 0 Å². The number of hydrogen-bond donors (Lipinski definition) is 8. The van der Waals surface area contributed by atoms with Crippen LogP contribution in [0.5, 0.6) is 0 Å². The Balaban J connectivity index is 4.47. The molecule has 2 amide bonds. The number of rotatable bonds is 10. The van der Waals surface area contributed by atoms with Gasteiger partial charge in [0.2, 0.25) is 11.8 Å². The van der Waals surface area contributed by atoms with Gasteiger partial charge in [0.25, 0.3) is 0 Å². The molecule has 11 heteroatoms.